The van der Waals surface area contributed by atoms with E-state index in [-0.39, 0.29) is 30.6 Å². The van der Waals surface area contributed by atoms with E-state index in [9.17, 15) is 18.8 Å². The number of nitrogens with one attached hydrogen (secondary N) is 1. The maximum atomic E-state index is 13.6. The quantitative estimate of drug-likeness (QED) is 0.634. The number of hydrogen-bond donors (Lipinski definition) is 1. The van der Waals surface area contributed by atoms with Crippen LogP contribution in [-0.4, -0.2) is 53.7 Å². The van der Waals surface area contributed by atoms with E-state index < -0.39 is 17.2 Å². The van der Waals surface area contributed by atoms with Gasteiger partial charge in [-0.2, -0.15) is 0 Å². The number of nitrogens with zero attached hydrogens (tertiary/aromatic N) is 3. The summed E-state index contributed by atoms with van der Waals surface area (Å²) in [4.78, 5) is 46.3. The topological polar surface area (TPSA) is 91.3 Å². The molecule has 0 radical (unpaired) electrons. The fourth-order valence-electron chi connectivity index (χ4n) is 5.93. The Morgan fingerprint density at radius 1 is 1.08 bits per heavy atom. The molecule has 2 atom stereocenters. The van der Waals surface area contributed by atoms with Crippen LogP contribution in [0.3, 0.4) is 0 Å². The van der Waals surface area contributed by atoms with Gasteiger partial charge in [0.15, 0.2) is 6.40 Å². The van der Waals surface area contributed by atoms with E-state index in [1.165, 1.54) is 23.4 Å². The molecule has 2 unspecified atom stereocenters. The minimum absolute atomic E-state index is 0.0668. The van der Waals surface area contributed by atoms with Crippen LogP contribution in [0.25, 0.3) is 0 Å². The number of carbonyl (C=O) groups is 3. The van der Waals surface area contributed by atoms with Gasteiger partial charge in [0, 0.05) is 36.6 Å². The second-order valence-electron chi connectivity index (χ2n) is 9.76. The Kier molecular flexibility index (Phi) is 5.29. The molecular weight excluding hydrogens is 487 g/mol. The normalized spacial score (nSPS) is 26.4. The summed E-state index contributed by atoms with van der Waals surface area (Å²) in [6.45, 7) is 1.08. The molecule has 0 saturated carbocycles. The third kappa shape index (κ3) is 3.48. The number of urea groups is 1. The number of aryl methyl sites for hydroxylation is 1. The summed E-state index contributed by atoms with van der Waals surface area (Å²) < 4.78 is 19.5. The molecule has 2 fully saturated rings. The Balaban J connectivity index is 1.10. The van der Waals surface area contributed by atoms with Crippen LogP contribution in [-0.2, 0) is 31.9 Å². The van der Waals surface area contributed by atoms with Gasteiger partial charge in [-0.25, -0.2) is 14.2 Å². The highest BCUT2D eigenvalue weighted by molar-refractivity contribution is 6.30. The lowest BCUT2D eigenvalue weighted by Gasteiger charge is -2.42. The van der Waals surface area contributed by atoms with Gasteiger partial charge in [-0.05, 0) is 60.7 Å². The molecule has 3 aliphatic heterocycles. The molecule has 3 heterocycles. The van der Waals surface area contributed by atoms with Crippen LogP contribution < -0.4 is 5.32 Å². The first-order valence-electron chi connectivity index (χ1n) is 12.0. The zero-order chi connectivity index (χ0) is 25.1. The number of amides is 4. The number of rotatable bonds is 4. The van der Waals surface area contributed by atoms with Gasteiger partial charge in [-0.15, -0.1) is 0 Å². The summed E-state index contributed by atoms with van der Waals surface area (Å²) in [5.74, 6) is -0.738. The molecule has 4 amide bonds. The van der Waals surface area contributed by atoms with E-state index in [0.717, 1.165) is 16.8 Å². The molecule has 36 heavy (non-hydrogen) atoms. The fourth-order valence-corrected chi connectivity index (χ4v) is 6.10. The number of hydrogen-bond acceptors (Lipinski definition) is 5. The van der Waals surface area contributed by atoms with Crippen molar-refractivity contribution in [2.75, 3.05) is 19.6 Å². The molecule has 6 rings (SSSR count). The number of fused-ring (bicyclic) bond motifs is 4. The molecular formula is C26H24ClFN4O4. The summed E-state index contributed by atoms with van der Waals surface area (Å²) in [6, 6.07) is 9.26. The number of aliphatic imine (C=N–C) groups is 1. The molecule has 1 N–H and O–H groups in total. The van der Waals surface area contributed by atoms with Crippen LogP contribution in [0, 0.1) is 5.82 Å². The predicted molar refractivity (Wildman–Crippen MR) is 129 cm³/mol. The molecule has 186 valence electrons. The largest absolute Gasteiger partial charge is 0.471 e. The molecule has 1 aliphatic carbocycles. The lowest BCUT2D eigenvalue weighted by atomic mass is 9.82. The van der Waals surface area contributed by atoms with Gasteiger partial charge in [-0.3, -0.25) is 14.5 Å². The zero-order valence-corrected chi connectivity index (χ0v) is 20.2. The van der Waals surface area contributed by atoms with Crippen molar-refractivity contribution < 1.29 is 23.5 Å². The molecule has 0 aromatic heterocycles. The Labute approximate surface area is 212 Å². The van der Waals surface area contributed by atoms with Crippen LogP contribution in [0.4, 0.5) is 14.9 Å². The Morgan fingerprint density at radius 3 is 2.78 bits per heavy atom. The monoisotopic (exact) mass is 510 g/mol. The first-order valence-corrected chi connectivity index (χ1v) is 12.4. The molecule has 0 bridgehead atoms. The minimum Gasteiger partial charge on any atom is -0.471 e. The van der Waals surface area contributed by atoms with Crippen molar-refractivity contribution in [3.05, 3.63) is 63.9 Å². The smallest absolute Gasteiger partial charge is 0.325 e. The molecule has 4 aliphatic rings. The number of likely N-dealkylation sites (tertiary alicyclic amines) is 1. The summed E-state index contributed by atoms with van der Waals surface area (Å²) in [5, 5.41) is 3.41. The summed E-state index contributed by atoms with van der Waals surface area (Å²) in [6.07, 6.45) is 3.52. The number of imide groups is 1. The van der Waals surface area contributed by atoms with Crippen LogP contribution in [0.1, 0.15) is 42.4 Å². The van der Waals surface area contributed by atoms with Crippen molar-refractivity contribution in [1.29, 1.82) is 0 Å². The zero-order valence-electron chi connectivity index (χ0n) is 19.4. The van der Waals surface area contributed by atoms with Crippen LogP contribution in [0.2, 0.25) is 5.02 Å². The summed E-state index contributed by atoms with van der Waals surface area (Å²) in [7, 11) is 0. The van der Waals surface area contributed by atoms with E-state index in [1.54, 1.807) is 23.1 Å². The van der Waals surface area contributed by atoms with Gasteiger partial charge < -0.3 is 15.0 Å². The lowest BCUT2D eigenvalue weighted by Crippen LogP contribution is -2.49. The number of carbonyl (C=O) groups excluding carboxylic acids is 3. The highest BCUT2D eigenvalue weighted by Gasteiger charge is 2.55. The van der Waals surface area contributed by atoms with Gasteiger partial charge in [0.2, 0.25) is 5.91 Å². The SMILES string of the molecule is O=C1CC2(CCN1CCCN1C(=O)NC3(CCc4cc(F)ccc43)C1=O)OC=Nc1ccc(Cl)cc12. The van der Waals surface area contributed by atoms with Crippen LogP contribution in [0.5, 0.6) is 0 Å². The van der Waals surface area contributed by atoms with Crippen molar-refractivity contribution in [1.82, 2.24) is 15.1 Å². The maximum Gasteiger partial charge on any atom is 0.325 e. The lowest BCUT2D eigenvalue weighted by molar-refractivity contribution is -0.142. The van der Waals surface area contributed by atoms with E-state index in [4.69, 9.17) is 16.3 Å². The Morgan fingerprint density at radius 2 is 1.94 bits per heavy atom. The molecule has 2 spiro atoms. The standard InChI is InChI=1S/C26H24ClFN4O4/c27-17-2-5-21-20(13-17)25(36-15-29-21)8-11-31(22(33)14-25)9-1-10-32-23(34)26(30-24(32)35)7-6-16-12-18(28)3-4-19(16)26/h2-5,12-13,15H,1,6-11,14H2,(H,30,35). The van der Waals surface area contributed by atoms with Crippen molar-refractivity contribution in [2.45, 2.75) is 43.2 Å². The summed E-state index contributed by atoms with van der Waals surface area (Å²) in [5.41, 5.74) is 1.06. The molecule has 10 heteroatoms. The molecule has 2 aromatic carbocycles. The average Bonchev–Trinajstić information content (AvgIpc) is 3.32. The highest BCUT2D eigenvalue weighted by Crippen LogP contribution is 2.45. The van der Waals surface area contributed by atoms with E-state index in [0.29, 0.717) is 49.4 Å². The first-order chi connectivity index (χ1) is 17.3. The van der Waals surface area contributed by atoms with Crippen molar-refractivity contribution >= 4 is 41.5 Å². The van der Waals surface area contributed by atoms with E-state index in [1.807, 2.05) is 6.07 Å². The van der Waals surface area contributed by atoms with Crippen molar-refractivity contribution in [2.24, 2.45) is 4.99 Å². The van der Waals surface area contributed by atoms with Gasteiger partial charge >= 0.3 is 6.03 Å². The van der Waals surface area contributed by atoms with Crippen molar-refractivity contribution in [3.63, 3.8) is 0 Å². The van der Waals surface area contributed by atoms with Crippen LogP contribution >= 0.6 is 11.6 Å². The molecule has 2 aromatic rings. The number of benzene rings is 2. The van der Waals surface area contributed by atoms with E-state index in [2.05, 4.69) is 10.3 Å². The number of piperidine rings is 1. The van der Waals surface area contributed by atoms with Gasteiger partial charge in [0.1, 0.15) is 17.0 Å². The fraction of sp³-hybridized carbons (Fsp3) is 0.385. The van der Waals surface area contributed by atoms with E-state index >= 15 is 0 Å². The number of halogens is 2. The van der Waals surface area contributed by atoms with Crippen LogP contribution in [0.15, 0.2) is 41.4 Å². The first kappa shape index (κ1) is 23.0. The summed E-state index contributed by atoms with van der Waals surface area (Å²) >= 11 is 6.19. The Bertz CT molecular complexity index is 1330. The van der Waals surface area contributed by atoms with Gasteiger partial charge in [0.05, 0.1) is 12.1 Å². The molecule has 8 nitrogen and oxygen atoms in total. The Hall–Kier alpha value is -3.46. The van der Waals surface area contributed by atoms with Gasteiger partial charge in [-0.1, -0.05) is 17.7 Å². The second-order valence-corrected chi connectivity index (χ2v) is 10.2. The third-order valence-electron chi connectivity index (χ3n) is 7.78. The van der Waals surface area contributed by atoms with Gasteiger partial charge in [0.25, 0.3) is 5.91 Å². The maximum absolute atomic E-state index is 13.6. The van der Waals surface area contributed by atoms with Crippen molar-refractivity contribution in [3.8, 4) is 0 Å². The predicted octanol–water partition coefficient (Wildman–Crippen LogP) is 3.77. The second kappa shape index (κ2) is 8.30. The molecule has 2 saturated heterocycles. The third-order valence-corrected chi connectivity index (χ3v) is 8.01. The average molecular weight is 511 g/mol. The number of ether oxygens (including phenoxy) is 1. The highest BCUT2D eigenvalue weighted by atomic mass is 35.5. The minimum atomic E-state index is -1.12.